The molecular formula is C66H42N8. The fourth-order valence-corrected chi connectivity index (χ4v) is 11.4. The molecule has 0 saturated carbocycles. The van der Waals surface area contributed by atoms with E-state index in [4.69, 9.17) is 29.9 Å². The summed E-state index contributed by atoms with van der Waals surface area (Å²) >= 11 is 0. The highest BCUT2D eigenvalue weighted by atomic mass is 15.4. The molecule has 346 valence electrons. The van der Waals surface area contributed by atoms with Gasteiger partial charge in [-0.15, -0.1) is 0 Å². The Balaban J connectivity index is 0.932. The summed E-state index contributed by atoms with van der Waals surface area (Å²) in [5, 5.41) is 0. The summed E-state index contributed by atoms with van der Waals surface area (Å²) in [6.45, 7) is 0. The van der Waals surface area contributed by atoms with E-state index < -0.39 is 11.6 Å². The Morgan fingerprint density at radius 1 is 0.243 bits per heavy atom. The maximum Gasteiger partial charge on any atom is 0.262 e. The third-order valence-electron chi connectivity index (χ3n) is 14.7. The SMILES string of the molecule is c1ccc(C2=NC3(N=C2c2ccccc2)c2ccccc2-c2nc(-c4ccc(-c5nc6n(c5-c5ccccc5)C5(N=C(c7ccccc7)C(c7ccccc7)=N5)c5ccccc5-6)cc4)c(-c4ccccc4)n23)cc1. The third-order valence-corrected chi connectivity index (χ3v) is 14.7. The second-order valence-corrected chi connectivity index (χ2v) is 18.9. The molecule has 8 heteroatoms. The standard InChI is InChI=1S/C66H42N8/c1-7-23-43(24-8-1)55-56(44-25-9-2-10-26-44)70-65(69-55)53-37-21-19-35-51(53)63-67-59(61(73(63)65)49-31-15-5-16-32-49)47-39-41-48(42-40-47)60-62(50-33-17-6-18-34-50)74-64(68-60)52-36-20-22-38-54(52)66(74)71-57(45-27-11-3-12-28-45)58(72-66)46-29-13-4-14-30-46/h1-42H. The lowest BCUT2D eigenvalue weighted by atomic mass is 9.99. The molecule has 0 radical (unpaired) electrons. The number of aromatic nitrogens is 4. The smallest absolute Gasteiger partial charge is 0.262 e. The van der Waals surface area contributed by atoms with Crippen molar-refractivity contribution in [2.24, 2.45) is 20.0 Å². The van der Waals surface area contributed by atoms with E-state index in [1.807, 2.05) is 24.3 Å². The van der Waals surface area contributed by atoms with Crippen LogP contribution in [0.1, 0.15) is 33.4 Å². The summed E-state index contributed by atoms with van der Waals surface area (Å²) in [7, 11) is 0. The number of hydrogen-bond donors (Lipinski definition) is 0. The summed E-state index contributed by atoms with van der Waals surface area (Å²) in [5.74, 6) is -0.677. The normalized spacial score (nSPS) is 15.0. The van der Waals surface area contributed by atoms with Gasteiger partial charge in [-0.05, 0) is 0 Å². The Hall–Kier alpha value is -9.92. The lowest BCUT2D eigenvalue weighted by Gasteiger charge is -2.24. The molecule has 0 unspecified atom stereocenters. The van der Waals surface area contributed by atoms with Crippen molar-refractivity contribution in [3.8, 4) is 67.8 Å². The van der Waals surface area contributed by atoms with Crippen LogP contribution in [-0.4, -0.2) is 41.9 Å². The first-order valence-electron chi connectivity index (χ1n) is 25.0. The molecule has 0 N–H and O–H groups in total. The van der Waals surface area contributed by atoms with Crippen molar-refractivity contribution >= 4 is 22.8 Å². The van der Waals surface area contributed by atoms with Gasteiger partial charge in [-0.3, -0.25) is 9.13 Å². The molecular weight excluding hydrogens is 905 g/mol. The molecule has 4 aliphatic rings. The van der Waals surface area contributed by atoms with Gasteiger partial charge in [-0.25, -0.2) is 29.9 Å². The summed E-state index contributed by atoms with van der Waals surface area (Å²) < 4.78 is 4.55. The number of rotatable bonds is 8. The average molecular weight is 947 g/mol. The van der Waals surface area contributed by atoms with E-state index in [2.05, 4.69) is 240 Å². The zero-order valence-electron chi connectivity index (χ0n) is 39.8. The Bertz CT molecular complexity index is 3750. The minimum absolute atomic E-state index is 0.816. The minimum Gasteiger partial charge on any atom is -0.275 e. The maximum atomic E-state index is 5.74. The van der Waals surface area contributed by atoms with Gasteiger partial charge < -0.3 is 0 Å². The molecule has 0 fully saturated rings. The zero-order valence-corrected chi connectivity index (χ0v) is 39.8. The largest absolute Gasteiger partial charge is 0.275 e. The molecule has 2 aromatic heterocycles. The van der Waals surface area contributed by atoms with Crippen LogP contribution >= 0.6 is 0 Å². The van der Waals surface area contributed by atoms with Crippen molar-refractivity contribution in [2.45, 2.75) is 11.6 Å². The zero-order chi connectivity index (χ0) is 48.8. The van der Waals surface area contributed by atoms with Gasteiger partial charge in [-0.1, -0.05) is 255 Å². The fourth-order valence-electron chi connectivity index (χ4n) is 11.4. The van der Waals surface area contributed by atoms with Gasteiger partial charge in [0.25, 0.3) is 11.6 Å². The second-order valence-electron chi connectivity index (χ2n) is 18.9. The molecule has 74 heavy (non-hydrogen) atoms. The number of nitrogens with zero attached hydrogens (tertiary/aromatic N) is 8. The highest BCUT2D eigenvalue weighted by Gasteiger charge is 2.52. The van der Waals surface area contributed by atoms with Gasteiger partial charge in [0.05, 0.1) is 45.6 Å². The topological polar surface area (TPSA) is 85.1 Å². The minimum atomic E-state index is -1.15. The van der Waals surface area contributed by atoms with Crippen LogP contribution in [0.2, 0.25) is 0 Å². The highest BCUT2D eigenvalue weighted by Crippen LogP contribution is 2.55. The molecule has 2 spiro atoms. The lowest BCUT2D eigenvalue weighted by molar-refractivity contribution is 0.427. The number of hydrogen-bond acceptors (Lipinski definition) is 6. The Labute approximate surface area is 427 Å². The lowest BCUT2D eigenvalue weighted by Crippen LogP contribution is -2.26. The quantitative estimate of drug-likeness (QED) is 0.152. The Morgan fingerprint density at radius 3 is 0.797 bits per heavy atom. The third kappa shape index (κ3) is 6.15. The molecule has 9 aromatic carbocycles. The number of fused-ring (bicyclic) bond motifs is 10. The van der Waals surface area contributed by atoms with E-state index >= 15 is 0 Å². The number of imidazole rings is 2. The van der Waals surface area contributed by atoms with Crippen LogP contribution in [0, 0.1) is 0 Å². The van der Waals surface area contributed by atoms with E-state index in [1.54, 1.807) is 0 Å². The van der Waals surface area contributed by atoms with E-state index in [-0.39, 0.29) is 0 Å². The van der Waals surface area contributed by atoms with Gasteiger partial charge in [0.2, 0.25) is 0 Å². The molecule has 15 rings (SSSR count). The molecule has 6 heterocycles. The van der Waals surface area contributed by atoms with Gasteiger partial charge in [-0.2, -0.15) is 0 Å². The molecule has 0 aliphatic carbocycles. The van der Waals surface area contributed by atoms with Crippen molar-refractivity contribution in [2.75, 3.05) is 0 Å². The first-order chi connectivity index (χ1) is 36.7. The van der Waals surface area contributed by atoms with Crippen LogP contribution in [0.4, 0.5) is 0 Å². The number of aliphatic imine (C=N–C) groups is 4. The van der Waals surface area contributed by atoms with Crippen molar-refractivity contribution in [3.63, 3.8) is 0 Å². The molecule has 4 aliphatic heterocycles. The first kappa shape index (κ1) is 41.8. The van der Waals surface area contributed by atoms with Crippen LogP contribution in [-0.2, 0) is 11.6 Å². The highest BCUT2D eigenvalue weighted by molar-refractivity contribution is 6.55. The Kier molecular flexibility index (Phi) is 9.22. The fraction of sp³-hybridized carbons (Fsp3) is 0.0303. The second kappa shape index (κ2) is 16.3. The molecule has 0 saturated heterocycles. The summed E-state index contributed by atoms with van der Waals surface area (Å²) in [5.41, 5.74) is 18.8. The van der Waals surface area contributed by atoms with Gasteiger partial charge >= 0.3 is 0 Å². The summed E-state index contributed by atoms with van der Waals surface area (Å²) in [4.78, 5) is 34.2. The van der Waals surface area contributed by atoms with Crippen LogP contribution < -0.4 is 0 Å². The van der Waals surface area contributed by atoms with Crippen molar-refractivity contribution in [1.29, 1.82) is 0 Å². The van der Waals surface area contributed by atoms with Crippen molar-refractivity contribution in [1.82, 2.24) is 19.1 Å². The van der Waals surface area contributed by atoms with E-state index in [1.165, 1.54) is 0 Å². The first-order valence-corrected chi connectivity index (χ1v) is 25.0. The van der Waals surface area contributed by atoms with Crippen LogP contribution in [0.5, 0.6) is 0 Å². The molecule has 0 atom stereocenters. The predicted octanol–water partition coefficient (Wildman–Crippen LogP) is 14.0. The maximum absolute atomic E-state index is 5.74. The van der Waals surface area contributed by atoms with Crippen molar-refractivity contribution < 1.29 is 0 Å². The van der Waals surface area contributed by atoms with Gasteiger partial charge in [0, 0.05) is 66.8 Å². The predicted molar refractivity (Wildman–Crippen MR) is 297 cm³/mol. The summed E-state index contributed by atoms with van der Waals surface area (Å²) in [6.07, 6.45) is 0. The molecule has 0 amide bonds. The van der Waals surface area contributed by atoms with Crippen molar-refractivity contribution in [3.05, 3.63) is 288 Å². The van der Waals surface area contributed by atoms with E-state index in [9.17, 15) is 0 Å². The van der Waals surface area contributed by atoms with Crippen LogP contribution in [0.25, 0.3) is 67.8 Å². The summed E-state index contributed by atoms with van der Waals surface area (Å²) in [6, 6.07) is 88.3. The van der Waals surface area contributed by atoms with Crippen LogP contribution in [0.3, 0.4) is 0 Å². The van der Waals surface area contributed by atoms with Gasteiger partial charge in [0.1, 0.15) is 11.6 Å². The Morgan fingerprint density at radius 2 is 0.500 bits per heavy atom. The van der Waals surface area contributed by atoms with E-state index in [0.29, 0.717) is 0 Å². The number of benzene rings is 9. The van der Waals surface area contributed by atoms with Gasteiger partial charge in [0.15, 0.2) is 0 Å². The molecule has 0 bridgehead atoms. The van der Waals surface area contributed by atoms with Crippen LogP contribution in [0.15, 0.2) is 275 Å². The molecule has 11 aromatic rings. The molecule has 8 nitrogen and oxygen atoms in total. The van der Waals surface area contributed by atoms with E-state index in [0.717, 1.165) is 124 Å². The average Bonchev–Trinajstić information content (AvgIpc) is 4.37. The monoisotopic (exact) mass is 946 g/mol.